The first-order valence-corrected chi connectivity index (χ1v) is 10.3. The normalized spacial score (nSPS) is 11.5. The van der Waals surface area contributed by atoms with Gasteiger partial charge in [0.2, 0.25) is 11.8 Å². The van der Waals surface area contributed by atoms with Gasteiger partial charge in [0, 0.05) is 31.5 Å². The highest BCUT2D eigenvalue weighted by Gasteiger charge is 2.20. The van der Waals surface area contributed by atoms with Gasteiger partial charge in [-0.05, 0) is 35.4 Å². The van der Waals surface area contributed by atoms with Gasteiger partial charge in [-0.25, -0.2) is 9.37 Å². The SMILES string of the molecule is CC(=O)NC(Cc1nccs1)C(=O)NCc1ccc(OCc2cccc(F)c2)cc1. The molecule has 1 aromatic heterocycles. The maximum absolute atomic E-state index is 13.2. The van der Waals surface area contributed by atoms with Gasteiger partial charge in [-0.2, -0.15) is 0 Å². The summed E-state index contributed by atoms with van der Waals surface area (Å²) in [5.74, 6) is -0.192. The van der Waals surface area contributed by atoms with Crippen molar-refractivity contribution in [1.29, 1.82) is 0 Å². The minimum Gasteiger partial charge on any atom is -0.489 e. The van der Waals surface area contributed by atoms with Crippen molar-refractivity contribution in [2.45, 2.75) is 32.5 Å². The van der Waals surface area contributed by atoms with Crippen molar-refractivity contribution in [3.05, 3.63) is 82.1 Å². The lowest BCUT2D eigenvalue weighted by Crippen LogP contribution is -2.47. The summed E-state index contributed by atoms with van der Waals surface area (Å²) in [5, 5.41) is 8.12. The van der Waals surface area contributed by atoms with Crippen LogP contribution in [0.4, 0.5) is 4.39 Å². The number of hydrogen-bond acceptors (Lipinski definition) is 5. The number of hydrogen-bond donors (Lipinski definition) is 2. The predicted octanol–water partition coefficient (Wildman–Crippen LogP) is 3.22. The third-order valence-corrected chi connectivity index (χ3v) is 5.04. The van der Waals surface area contributed by atoms with E-state index in [4.69, 9.17) is 4.74 Å². The monoisotopic (exact) mass is 427 g/mol. The van der Waals surface area contributed by atoms with Gasteiger partial charge in [0.15, 0.2) is 0 Å². The van der Waals surface area contributed by atoms with Gasteiger partial charge >= 0.3 is 0 Å². The summed E-state index contributed by atoms with van der Waals surface area (Å²) in [6, 6.07) is 12.9. The van der Waals surface area contributed by atoms with E-state index in [9.17, 15) is 14.0 Å². The zero-order chi connectivity index (χ0) is 21.3. The Kier molecular flexibility index (Phi) is 7.51. The standard InChI is InChI=1S/C22H22FN3O3S/c1-15(27)26-20(12-21-24-9-10-30-21)22(28)25-13-16-5-7-19(8-6-16)29-14-17-3-2-4-18(23)11-17/h2-11,20H,12-14H2,1H3,(H,25,28)(H,26,27). The molecule has 0 aliphatic rings. The highest BCUT2D eigenvalue weighted by molar-refractivity contribution is 7.09. The van der Waals surface area contributed by atoms with Crippen molar-refractivity contribution in [1.82, 2.24) is 15.6 Å². The fourth-order valence-corrected chi connectivity index (χ4v) is 3.46. The highest BCUT2D eigenvalue weighted by Crippen LogP contribution is 2.15. The molecule has 0 fully saturated rings. The van der Waals surface area contributed by atoms with Crippen molar-refractivity contribution in [3.63, 3.8) is 0 Å². The fourth-order valence-electron chi connectivity index (χ4n) is 2.79. The minimum atomic E-state index is -0.678. The van der Waals surface area contributed by atoms with Crippen molar-refractivity contribution in [2.75, 3.05) is 0 Å². The summed E-state index contributed by atoms with van der Waals surface area (Å²) in [6.45, 7) is 1.96. The first-order chi connectivity index (χ1) is 14.5. The Morgan fingerprint density at radius 2 is 1.97 bits per heavy atom. The van der Waals surface area contributed by atoms with Gasteiger partial charge in [-0.1, -0.05) is 24.3 Å². The summed E-state index contributed by atoms with van der Waals surface area (Å²) in [7, 11) is 0. The molecule has 2 N–H and O–H groups in total. The molecule has 30 heavy (non-hydrogen) atoms. The van der Waals surface area contributed by atoms with Gasteiger partial charge in [-0.15, -0.1) is 11.3 Å². The largest absolute Gasteiger partial charge is 0.489 e. The molecule has 0 bridgehead atoms. The molecule has 2 aromatic carbocycles. The lowest BCUT2D eigenvalue weighted by atomic mass is 10.1. The molecule has 8 heteroatoms. The summed E-state index contributed by atoms with van der Waals surface area (Å²) in [6.07, 6.45) is 2.01. The molecule has 1 unspecified atom stereocenters. The van der Waals surface area contributed by atoms with Crippen LogP contribution in [0, 0.1) is 5.82 Å². The number of benzene rings is 2. The number of ether oxygens (including phenoxy) is 1. The topological polar surface area (TPSA) is 80.3 Å². The number of rotatable bonds is 9. The molecule has 2 amide bonds. The van der Waals surface area contributed by atoms with E-state index in [1.54, 1.807) is 30.5 Å². The first-order valence-electron chi connectivity index (χ1n) is 9.39. The van der Waals surface area contributed by atoms with E-state index < -0.39 is 6.04 Å². The number of nitrogens with zero attached hydrogens (tertiary/aromatic N) is 1. The fraction of sp³-hybridized carbons (Fsp3) is 0.227. The second kappa shape index (κ2) is 10.5. The summed E-state index contributed by atoms with van der Waals surface area (Å²) in [4.78, 5) is 28.1. The Morgan fingerprint density at radius 3 is 2.63 bits per heavy atom. The molecule has 6 nitrogen and oxygen atoms in total. The molecule has 0 spiro atoms. The van der Waals surface area contributed by atoms with Gasteiger partial charge in [0.05, 0.1) is 5.01 Å². The van der Waals surface area contributed by atoms with Crippen LogP contribution in [0.5, 0.6) is 5.75 Å². The third-order valence-electron chi connectivity index (χ3n) is 4.24. The Balaban J connectivity index is 1.51. The van der Waals surface area contributed by atoms with Gasteiger partial charge < -0.3 is 15.4 Å². The molecule has 0 aliphatic heterocycles. The van der Waals surface area contributed by atoms with Crippen LogP contribution in [0.1, 0.15) is 23.1 Å². The van der Waals surface area contributed by atoms with Crippen molar-refractivity contribution in [3.8, 4) is 5.75 Å². The van der Waals surface area contributed by atoms with E-state index >= 15 is 0 Å². The van der Waals surface area contributed by atoms with Crippen molar-refractivity contribution in [2.24, 2.45) is 0 Å². The van der Waals surface area contributed by atoms with Crippen LogP contribution in [0.2, 0.25) is 0 Å². The molecule has 0 radical (unpaired) electrons. The quantitative estimate of drug-likeness (QED) is 0.550. The van der Waals surface area contributed by atoms with E-state index in [-0.39, 0.29) is 24.2 Å². The maximum atomic E-state index is 13.2. The van der Waals surface area contributed by atoms with Crippen LogP contribution in [0.3, 0.4) is 0 Å². The van der Waals surface area contributed by atoms with Crippen LogP contribution in [-0.4, -0.2) is 22.8 Å². The van der Waals surface area contributed by atoms with Gasteiger partial charge in [-0.3, -0.25) is 9.59 Å². The lowest BCUT2D eigenvalue weighted by Gasteiger charge is -2.16. The highest BCUT2D eigenvalue weighted by atomic mass is 32.1. The van der Waals surface area contributed by atoms with Crippen LogP contribution in [-0.2, 0) is 29.2 Å². The maximum Gasteiger partial charge on any atom is 0.243 e. The number of carbonyl (C=O) groups excluding carboxylic acids is 2. The molecule has 1 heterocycles. The number of aromatic nitrogens is 1. The van der Waals surface area contributed by atoms with E-state index in [2.05, 4.69) is 15.6 Å². The molecule has 0 aliphatic carbocycles. The van der Waals surface area contributed by atoms with E-state index in [0.29, 0.717) is 18.7 Å². The van der Waals surface area contributed by atoms with Crippen LogP contribution >= 0.6 is 11.3 Å². The molecule has 3 aromatic rings. The van der Waals surface area contributed by atoms with E-state index in [1.807, 2.05) is 17.5 Å². The Bertz CT molecular complexity index is 978. The van der Waals surface area contributed by atoms with Gasteiger partial charge in [0.1, 0.15) is 24.2 Å². The average Bonchev–Trinajstić information content (AvgIpc) is 3.24. The van der Waals surface area contributed by atoms with Crippen molar-refractivity contribution < 1.29 is 18.7 Å². The van der Waals surface area contributed by atoms with Crippen molar-refractivity contribution >= 4 is 23.2 Å². The number of thiazole rings is 1. The minimum absolute atomic E-state index is 0.267. The number of carbonyl (C=O) groups is 2. The summed E-state index contributed by atoms with van der Waals surface area (Å²) in [5.41, 5.74) is 1.63. The Hall–Kier alpha value is -3.26. The van der Waals surface area contributed by atoms with E-state index in [0.717, 1.165) is 16.1 Å². The molecular weight excluding hydrogens is 405 g/mol. The molecule has 0 saturated heterocycles. The smallest absolute Gasteiger partial charge is 0.243 e. The molecular formula is C22H22FN3O3S. The third kappa shape index (κ3) is 6.66. The van der Waals surface area contributed by atoms with Crippen LogP contribution < -0.4 is 15.4 Å². The van der Waals surface area contributed by atoms with Crippen LogP contribution in [0.15, 0.2) is 60.1 Å². The average molecular weight is 428 g/mol. The Labute approximate surface area is 178 Å². The predicted molar refractivity (Wildman–Crippen MR) is 112 cm³/mol. The Morgan fingerprint density at radius 1 is 1.17 bits per heavy atom. The summed E-state index contributed by atoms with van der Waals surface area (Å²) >= 11 is 1.44. The number of amides is 2. The zero-order valence-electron chi connectivity index (χ0n) is 16.4. The second-order valence-electron chi connectivity index (χ2n) is 6.66. The number of halogens is 1. The second-order valence-corrected chi connectivity index (χ2v) is 7.64. The van der Waals surface area contributed by atoms with E-state index in [1.165, 1.54) is 30.4 Å². The molecule has 3 rings (SSSR count). The molecule has 1 atom stereocenters. The molecule has 156 valence electrons. The van der Waals surface area contributed by atoms with Crippen LogP contribution in [0.25, 0.3) is 0 Å². The number of nitrogens with one attached hydrogen (secondary N) is 2. The first kappa shape index (κ1) is 21.4. The zero-order valence-corrected chi connectivity index (χ0v) is 17.2. The summed E-state index contributed by atoms with van der Waals surface area (Å²) < 4.78 is 18.9. The lowest BCUT2D eigenvalue weighted by molar-refractivity contribution is -0.128. The molecule has 0 saturated carbocycles. The van der Waals surface area contributed by atoms with Gasteiger partial charge in [0.25, 0.3) is 0 Å².